The minimum Gasteiger partial charge on any atom is -0.508 e. The molecule has 0 aromatic heterocycles. The highest BCUT2D eigenvalue weighted by molar-refractivity contribution is 9.09. The Bertz CT molecular complexity index is 3070. The average molecular weight is 1110 g/mol. The zero-order chi connectivity index (χ0) is 54.8. The largest absolute Gasteiger partial charge is 0.508 e. The van der Waals surface area contributed by atoms with Crippen molar-refractivity contribution in [2.24, 2.45) is 0 Å². The fraction of sp³-hybridized carbons (Fsp3) is 0.194. The first kappa shape index (κ1) is 58.0. The SMILES string of the molecule is BrCCOCc1ccccc1.COc1ccc(O)c(CN(C(C)=O)c2cc(F)ccc2Oc2ccccc2)c1.COc1ccc(OCCOCc2ccccc2)c(CN(C(C)=O)c2cc(F)ccc2Oc2ccccc2)c1. The minimum absolute atomic E-state index is 0.00832. The number of benzene rings is 8. The van der Waals surface area contributed by atoms with Crippen molar-refractivity contribution in [1.29, 1.82) is 0 Å². The predicted molar refractivity (Wildman–Crippen MR) is 299 cm³/mol. The Balaban J connectivity index is 0.000000214. The Kier molecular flexibility index (Phi) is 23.3. The lowest BCUT2D eigenvalue weighted by molar-refractivity contribution is -0.117. The lowest BCUT2D eigenvalue weighted by Crippen LogP contribution is -2.28. The second-order valence-electron chi connectivity index (χ2n) is 16.8. The normalized spacial score (nSPS) is 10.4. The van der Waals surface area contributed by atoms with Gasteiger partial charge in [0.25, 0.3) is 0 Å². The van der Waals surface area contributed by atoms with Gasteiger partial charge >= 0.3 is 0 Å². The van der Waals surface area contributed by atoms with Crippen LogP contribution in [-0.4, -0.2) is 56.3 Å². The zero-order valence-electron chi connectivity index (χ0n) is 43.3. The van der Waals surface area contributed by atoms with Crippen LogP contribution in [0, 0.1) is 11.6 Å². The number of carbonyl (C=O) groups is 2. The summed E-state index contributed by atoms with van der Waals surface area (Å²) in [4.78, 5) is 28.0. The molecule has 0 unspecified atom stereocenters. The number of halogens is 3. The highest BCUT2D eigenvalue weighted by Crippen LogP contribution is 2.38. The van der Waals surface area contributed by atoms with E-state index in [-0.39, 0.29) is 36.3 Å². The maximum atomic E-state index is 14.4. The van der Waals surface area contributed by atoms with Gasteiger partial charge in [0, 0.05) is 42.4 Å². The number of anilines is 2. The molecule has 8 rings (SSSR count). The zero-order valence-corrected chi connectivity index (χ0v) is 44.9. The number of amides is 2. The second kappa shape index (κ2) is 31.0. The van der Waals surface area contributed by atoms with Crippen molar-refractivity contribution in [3.63, 3.8) is 0 Å². The molecule has 8 aromatic carbocycles. The van der Waals surface area contributed by atoms with Crippen LogP contribution in [0.4, 0.5) is 20.2 Å². The van der Waals surface area contributed by atoms with Gasteiger partial charge in [-0.25, -0.2) is 8.78 Å². The summed E-state index contributed by atoms with van der Waals surface area (Å²) >= 11 is 3.30. The topological polar surface area (TPSA) is 125 Å². The summed E-state index contributed by atoms with van der Waals surface area (Å²) in [7, 11) is 3.08. The molecular weight excluding hydrogens is 1050 g/mol. The number of methoxy groups -OCH3 is 2. The molecule has 0 atom stereocenters. The molecule has 0 aliphatic carbocycles. The number of phenols is 1. The van der Waals surface area contributed by atoms with E-state index in [1.807, 2.05) is 84.9 Å². The maximum Gasteiger partial charge on any atom is 0.224 e. The summed E-state index contributed by atoms with van der Waals surface area (Å²) in [5.74, 6) is 1.94. The van der Waals surface area contributed by atoms with E-state index in [2.05, 4.69) is 28.1 Å². The summed E-state index contributed by atoms with van der Waals surface area (Å²) in [6.07, 6.45) is 0. The summed E-state index contributed by atoms with van der Waals surface area (Å²) in [6, 6.07) is 56.4. The van der Waals surface area contributed by atoms with Crippen LogP contribution >= 0.6 is 15.9 Å². The maximum absolute atomic E-state index is 14.4. The van der Waals surface area contributed by atoms with Crippen LogP contribution in [0.1, 0.15) is 36.1 Å². The fourth-order valence-electron chi connectivity index (χ4n) is 7.44. The van der Waals surface area contributed by atoms with Gasteiger partial charge in [-0.3, -0.25) is 9.59 Å². The molecule has 77 heavy (non-hydrogen) atoms. The Morgan fingerprint density at radius 3 is 1.35 bits per heavy atom. The van der Waals surface area contributed by atoms with E-state index in [1.165, 1.54) is 78.8 Å². The summed E-state index contributed by atoms with van der Waals surface area (Å²) in [6.45, 7) is 5.60. The van der Waals surface area contributed by atoms with Crippen molar-refractivity contribution in [3.05, 3.63) is 228 Å². The van der Waals surface area contributed by atoms with Crippen LogP contribution in [0.15, 0.2) is 194 Å². The highest BCUT2D eigenvalue weighted by atomic mass is 79.9. The molecule has 8 aromatic rings. The van der Waals surface area contributed by atoms with Gasteiger partial charge in [-0.2, -0.15) is 0 Å². The monoisotopic (exact) mass is 1110 g/mol. The number of rotatable bonds is 22. The van der Waals surface area contributed by atoms with Crippen LogP contribution < -0.4 is 33.5 Å². The van der Waals surface area contributed by atoms with Crippen LogP contribution in [0.2, 0.25) is 0 Å². The number of hydrogen-bond donors (Lipinski definition) is 1. The minimum atomic E-state index is -0.503. The molecule has 0 fully saturated rings. The van der Waals surface area contributed by atoms with Gasteiger partial charge in [0.05, 0.1) is 65.1 Å². The van der Waals surface area contributed by atoms with Gasteiger partial charge < -0.3 is 48.1 Å². The number of phenolic OH excluding ortho intramolecular Hbond substituents is 1. The number of carbonyl (C=O) groups excluding carboxylic acids is 2. The quantitative estimate of drug-likeness (QED) is 0.0518. The van der Waals surface area contributed by atoms with Crippen molar-refractivity contribution in [1.82, 2.24) is 0 Å². The Hall–Kier alpha value is -8.24. The lowest BCUT2D eigenvalue weighted by atomic mass is 10.1. The Labute approximate surface area is 457 Å². The Morgan fingerprint density at radius 2 is 0.896 bits per heavy atom. The molecule has 0 bridgehead atoms. The van der Waals surface area contributed by atoms with E-state index >= 15 is 0 Å². The fourth-order valence-corrected chi connectivity index (χ4v) is 7.66. The van der Waals surface area contributed by atoms with Crippen molar-refractivity contribution < 1.29 is 56.6 Å². The van der Waals surface area contributed by atoms with Crippen molar-refractivity contribution >= 4 is 39.1 Å². The second-order valence-corrected chi connectivity index (χ2v) is 17.6. The third kappa shape index (κ3) is 18.8. The first-order chi connectivity index (χ1) is 37.4. The average Bonchev–Trinajstić information content (AvgIpc) is 3.44. The van der Waals surface area contributed by atoms with Crippen LogP contribution in [-0.2, 0) is 45.4 Å². The lowest BCUT2D eigenvalue weighted by Gasteiger charge is -2.25. The number of alkyl halides is 1. The van der Waals surface area contributed by atoms with Gasteiger partial charge in [-0.1, -0.05) is 113 Å². The van der Waals surface area contributed by atoms with E-state index in [0.717, 1.165) is 17.5 Å². The number of ether oxygens (including phenoxy) is 7. The van der Waals surface area contributed by atoms with E-state index in [9.17, 15) is 23.5 Å². The molecule has 12 nitrogen and oxygen atoms in total. The molecule has 2 amide bonds. The number of para-hydroxylation sites is 2. The molecule has 0 saturated heterocycles. The molecule has 0 spiro atoms. The van der Waals surface area contributed by atoms with E-state index in [0.29, 0.717) is 83.5 Å². The third-order valence-corrected chi connectivity index (χ3v) is 11.6. The van der Waals surface area contributed by atoms with Crippen LogP contribution in [0.5, 0.6) is 46.0 Å². The first-order valence-electron chi connectivity index (χ1n) is 24.5. The molecule has 1 N–H and O–H groups in total. The van der Waals surface area contributed by atoms with E-state index in [4.69, 9.17) is 33.2 Å². The smallest absolute Gasteiger partial charge is 0.224 e. The van der Waals surface area contributed by atoms with Gasteiger partial charge in [0.2, 0.25) is 11.8 Å². The number of nitrogens with zero attached hydrogens (tertiary/aromatic N) is 2. The van der Waals surface area contributed by atoms with Gasteiger partial charge in [-0.05, 0) is 96.1 Å². The number of hydrogen-bond acceptors (Lipinski definition) is 10. The van der Waals surface area contributed by atoms with Crippen LogP contribution in [0.3, 0.4) is 0 Å². The van der Waals surface area contributed by atoms with Gasteiger partial charge in [-0.15, -0.1) is 0 Å². The molecule has 0 saturated carbocycles. The summed E-state index contributed by atoms with van der Waals surface area (Å²) < 4.78 is 67.9. The first-order valence-corrected chi connectivity index (χ1v) is 25.6. The molecule has 0 radical (unpaired) electrons. The number of aromatic hydroxyl groups is 1. The highest BCUT2D eigenvalue weighted by Gasteiger charge is 2.23. The van der Waals surface area contributed by atoms with E-state index in [1.54, 1.807) is 61.7 Å². The summed E-state index contributed by atoms with van der Waals surface area (Å²) in [5, 5.41) is 11.1. The molecular formula is C62H61BrF2N2O10. The van der Waals surface area contributed by atoms with Crippen molar-refractivity contribution in [3.8, 4) is 46.0 Å². The van der Waals surface area contributed by atoms with Crippen molar-refractivity contribution in [2.45, 2.75) is 40.2 Å². The third-order valence-electron chi connectivity index (χ3n) is 11.3. The molecule has 15 heteroatoms. The van der Waals surface area contributed by atoms with E-state index < -0.39 is 11.6 Å². The predicted octanol–water partition coefficient (Wildman–Crippen LogP) is 14.3. The van der Waals surface area contributed by atoms with Gasteiger partial charge in [0.15, 0.2) is 11.5 Å². The summed E-state index contributed by atoms with van der Waals surface area (Å²) in [5.41, 5.74) is 4.04. The standard InChI is InChI=1S/C31H30FNO5.C22H20FNO4.C9H11BrO/c1-23(34)33(29-20-26(32)13-15-31(29)38-27-11-7-4-8-12-27)21-25-19-28(35-2)14-16-30(25)37-18-17-36-22-24-9-5-3-6-10-24;1-15(25)24(14-16-12-19(27-2)9-10-21(16)26)20-13-17(23)8-11-22(20)28-18-6-4-3-5-7-18;10-6-7-11-8-9-4-2-1-3-5-9/h3-16,19-20H,17-18,21-22H2,1-2H3;3-13,26H,14H2,1-2H3;1-5H,6-8H2. The molecule has 0 aliphatic rings. The van der Waals surface area contributed by atoms with Gasteiger partial charge in [0.1, 0.15) is 52.7 Å². The van der Waals surface area contributed by atoms with Crippen LogP contribution in [0.25, 0.3) is 0 Å². The molecule has 0 heterocycles. The van der Waals surface area contributed by atoms with Crippen molar-refractivity contribution in [2.75, 3.05) is 49.2 Å². The molecule has 0 aliphatic heterocycles. The molecule has 400 valence electrons. The Morgan fingerprint density at radius 1 is 0.481 bits per heavy atom.